The maximum Gasteiger partial charge on any atom is 0.323 e. The van der Waals surface area contributed by atoms with Gasteiger partial charge in [0.05, 0.1) is 0 Å². The van der Waals surface area contributed by atoms with Gasteiger partial charge in [0.15, 0.2) is 0 Å². The smallest absolute Gasteiger partial charge is 0.323 e. The maximum atomic E-state index is 12.2. The highest BCUT2D eigenvalue weighted by molar-refractivity contribution is 5.14. The molecule has 0 aliphatic heterocycles. The van der Waals surface area contributed by atoms with E-state index in [0.717, 1.165) is 6.33 Å². The Labute approximate surface area is 70.8 Å². The molecule has 0 bridgehead atoms. The van der Waals surface area contributed by atoms with E-state index in [2.05, 4.69) is 19.7 Å². The Bertz CT molecular complexity index is 284. The second kappa shape index (κ2) is 3.87. The molecule has 0 aromatic carbocycles. The monoisotopic (exact) mass is 194 g/mol. The predicted molar refractivity (Wildman–Crippen MR) is 35.8 cm³/mol. The van der Waals surface area contributed by atoms with Crippen LogP contribution in [0.15, 0.2) is 6.33 Å². The molecular weight excluding hydrogens is 189 g/mol. The number of nitrogens with two attached hydrogens (primary N) is 1. The molecule has 0 spiro atoms. The van der Waals surface area contributed by atoms with Crippen LogP contribution in [0.25, 0.3) is 0 Å². The number of rotatable bonds is 3. The van der Waals surface area contributed by atoms with Crippen LogP contribution in [0.5, 0.6) is 6.01 Å². The molecule has 1 atom stereocenters. The van der Waals surface area contributed by atoms with Gasteiger partial charge in [-0.05, 0) is 0 Å². The van der Waals surface area contributed by atoms with E-state index < -0.39 is 18.8 Å². The van der Waals surface area contributed by atoms with E-state index in [9.17, 15) is 13.2 Å². The molecule has 0 amide bonds. The molecule has 1 aromatic rings. The van der Waals surface area contributed by atoms with E-state index in [1.54, 1.807) is 0 Å². The van der Waals surface area contributed by atoms with Gasteiger partial charge in [0.2, 0.25) is 5.95 Å². The van der Waals surface area contributed by atoms with Crippen molar-refractivity contribution in [1.29, 1.82) is 0 Å². The zero-order valence-corrected chi connectivity index (χ0v) is 6.19. The summed E-state index contributed by atoms with van der Waals surface area (Å²) >= 11 is 0. The van der Waals surface area contributed by atoms with E-state index in [4.69, 9.17) is 5.73 Å². The fourth-order valence-electron chi connectivity index (χ4n) is 0.502. The number of hydrogen-bond donors (Lipinski definition) is 1. The van der Waals surface area contributed by atoms with Crippen molar-refractivity contribution in [3.8, 4) is 6.01 Å². The number of nitrogen functional groups attached to an aromatic ring is 1. The van der Waals surface area contributed by atoms with Crippen LogP contribution < -0.4 is 10.5 Å². The minimum absolute atomic E-state index is 0.230. The molecule has 0 fully saturated rings. The third-order valence-electron chi connectivity index (χ3n) is 0.984. The van der Waals surface area contributed by atoms with Crippen molar-refractivity contribution < 1.29 is 17.9 Å². The molecule has 1 unspecified atom stereocenters. The Hall–Kier alpha value is -1.60. The normalized spacial score (nSPS) is 12.9. The summed E-state index contributed by atoms with van der Waals surface area (Å²) in [6.07, 6.45) is -5.09. The Morgan fingerprint density at radius 1 is 1.31 bits per heavy atom. The van der Waals surface area contributed by atoms with Gasteiger partial charge in [0.25, 0.3) is 0 Å². The van der Waals surface area contributed by atoms with Gasteiger partial charge in [0.1, 0.15) is 6.33 Å². The molecule has 13 heavy (non-hydrogen) atoms. The van der Waals surface area contributed by atoms with Crippen molar-refractivity contribution in [3.05, 3.63) is 6.33 Å². The summed E-state index contributed by atoms with van der Waals surface area (Å²) in [6.45, 7) is 0. The third-order valence-corrected chi connectivity index (χ3v) is 0.984. The summed E-state index contributed by atoms with van der Waals surface area (Å²) in [7, 11) is 0. The first kappa shape index (κ1) is 9.49. The Morgan fingerprint density at radius 2 is 2.00 bits per heavy atom. The van der Waals surface area contributed by atoms with Crippen LogP contribution in [0.2, 0.25) is 0 Å². The van der Waals surface area contributed by atoms with Crippen LogP contribution in [-0.2, 0) is 0 Å². The number of aromatic nitrogens is 3. The molecule has 8 heteroatoms. The molecule has 0 saturated heterocycles. The average molecular weight is 194 g/mol. The highest BCUT2D eigenvalue weighted by atomic mass is 19.3. The zero-order chi connectivity index (χ0) is 9.84. The largest absolute Gasteiger partial charge is 0.422 e. The summed E-state index contributed by atoms with van der Waals surface area (Å²) in [5.41, 5.74) is 5.06. The number of anilines is 1. The molecule has 1 aromatic heterocycles. The lowest BCUT2D eigenvalue weighted by Gasteiger charge is -2.07. The fourth-order valence-corrected chi connectivity index (χ4v) is 0.502. The lowest BCUT2D eigenvalue weighted by Crippen LogP contribution is -2.21. The minimum Gasteiger partial charge on any atom is -0.422 e. The van der Waals surface area contributed by atoms with E-state index >= 15 is 0 Å². The zero-order valence-electron chi connectivity index (χ0n) is 6.19. The standard InChI is InChI=1S/C5H5F3N4O/c6-2(7)3(8)13-5-11-1-10-4(9)12-5/h1-3H,(H2,9,10,11,12). The van der Waals surface area contributed by atoms with E-state index in [0.29, 0.717) is 0 Å². The van der Waals surface area contributed by atoms with Gasteiger partial charge in [0, 0.05) is 0 Å². The summed E-state index contributed by atoms with van der Waals surface area (Å²) in [5, 5.41) is 0. The van der Waals surface area contributed by atoms with Crippen molar-refractivity contribution in [2.75, 3.05) is 5.73 Å². The molecule has 5 nitrogen and oxygen atoms in total. The minimum atomic E-state index is -3.25. The Morgan fingerprint density at radius 3 is 2.54 bits per heavy atom. The van der Waals surface area contributed by atoms with Crippen molar-refractivity contribution in [2.45, 2.75) is 12.8 Å². The van der Waals surface area contributed by atoms with Crippen LogP contribution in [0.3, 0.4) is 0 Å². The van der Waals surface area contributed by atoms with Gasteiger partial charge in [-0.1, -0.05) is 0 Å². The third kappa shape index (κ3) is 2.73. The molecule has 0 saturated carbocycles. The van der Waals surface area contributed by atoms with E-state index in [1.807, 2.05) is 0 Å². The molecule has 1 rings (SSSR count). The summed E-state index contributed by atoms with van der Waals surface area (Å²) in [5.74, 6) is -0.230. The van der Waals surface area contributed by atoms with Crippen molar-refractivity contribution in [2.24, 2.45) is 0 Å². The average Bonchev–Trinajstić information content (AvgIpc) is 2.04. The lowest BCUT2D eigenvalue weighted by molar-refractivity contribution is -0.0713. The highest BCUT2D eigenvalue weighted by Crippen LogP contribution is 2.10. The molecular formula is C5H5F3N4O. The lowest BCUT2D eigenvalue weighted by atomic mass is 10.7. The summed E-state index contributed by atoms with van der Waals surface area (Å²) in [4.78, 5) is 9.88. The number of hydrogen-bond acceptors (Lipinski definition) is 5. The SMILES string of the molecule is Nc1ncnc(OC(F)C(F)F)n1. The van der Waals surface area contributed by atoms with Crippen molar-refractivity contribution in [3.63, 3.8) is 0 Å². The van der Waals surface area contributed by atoms with Crippen LogP contribution in [0.4, 0.5) is 19.1 Å². The van der Waals surface area contributed by atoms with Crippen LogP contribution in [0.1, 0.15) is 0 Å². The number of nitrogens with zero attached hydrogens (tertiary/aromatic N) is 3. The van der Waals surface area contributed by atoms with Gasteiger partial charge in [-0.25, -0.2) is 13.8 Å². The second-order valence-corrected chi connectivity index (χ2v) is 1.93. The summed E-state index contributed by atoms with van der Waals surface area (Å²) < 4.78 is 39.5. The van der Waals surface area contributed by atoms with Crippen molar-refractivity contribution >= 4 is 5.95 Å². The van der Waals surface area contributed by atoms with Crippen LogP contribution >= 0.6 is 0 Å². The Kier molecular flexibility index (Phi) is 2.83. The first-order valence-electron chi connectivity index (χ1n) is 3.13. The van der Waals surface area contributed by atoms with Gasteiger partial charge in [-0.3, -0.25) is 0 Å². The number of alkyl halides is 3. The van der Waals surface area contributed by atoms with Crippen molar-refractivity contribution in [1.82, 2.24) is 15.0 Å². The van der Waals surface area contributed by atoms with E-state index in [1.165, 1.54) is 0 Å². The molecule has 0 radical (unpaired) electrons. The van der Waals surface area contributed by atoms with Gasteiger partial charge < -0.3 is 10.5 Å². The highest BCUT2D eigenvalue weighted by Gasteiger charge is 2.21. The summed E-state index contributed by atoms with van der Waals surface area (Å²) in [6, 6.07) is -0.569. The first-order chi connectivity index (χ1) is 6.09. The topological polar surface area (TPSA) is 73.9 Å². The van der Waals surface area contributed by atoms with Gasteiger partial charge in [-0.2, -0.15) is 14.4 Å². The molecule has 2 N–H and O–H groups in total. The van der Waals surface area contributed by atoms with Crippen LogP contribution in [0, 0.1) is 0 Å². The van der Waals surface area contributed by atoms with Crippen LogP contribution in [-0.4, -0.2) is 27.7 Å². The van der Waals surface area contributed by atoms with Gasteiger partial charge >= 0.3 is 18.8 Å². The van der Waals surface area contributed by atoms with E-state index in [-0.39, 0.29) is 5.95 Å². The molecule has 72 valence electrons. The second-order valence-electron chi connectivity index (χ2n) is 1.93. The molecule has 0 aliphatic rings. The first-order valence-corrected chi connectivity index (χ1v) is 3.13. The quantitative estimate of drug-likeness (QED) is 0.753. The molecule has 0 aliphatic carbocycles. The molecule has 1 heterocycles. The van der Waals surface area contributed by atoms with Gasteiger partial charge in [-0.15, -0.1) is 0 Å². The predicted octanol–water partition coefficient (Wildman–Crippen LogP) is 0.393. The Balaban J connectivity index is 2.64. The number of ether oxygens (including phenoxy) is 1. The maximum absolute atomic E-state index is 12.2. The number of halogens is 3. The fraction of sp³-hybridized carbons (Fsp3) is 0.400.